The summed E-state index contributed by atoms with van der Waals surface area (Å²) in [5.74, 6) is 0.199. The van der Waals surface area contributed by atoms with Gasteiger partial charge in [-0.3, -0.25) is 4.79 Å². The van der Waals surface area contributed by atoms with Gasteiger partial charge in [0.2, 0.25) is 0 Å². The van der Waals surface area contributed by atoms with Crippen molar-refractivity contribution in [2.24, 2.45) is 0 Å². The number of aromatic nitrogens is 3. The fourth-order valence-electron chi connectivity index (χ4n) is 2.68. The van der Waals surface area contributed by atoms with E-state index in [9.17, 15) is 4.79 Å². The van der Waals surface area contributed by atoms with Gasteiger partial charge < -0.3 is 24.7 Å². The fourth-order valence-corrected chi connectivity index (χ4v) is 3.08. The molecule has 9 nitrogen and oxygen atoms in total. The van der Waals surface area contributed by atoms with Crippen LogP contribution in [-0.4, -0.2) is 47.4 Å². The molecule has 4 rings (SSSR count). The normalized spacial score (nSPS) is 14.0. The smallest absolute Gasteiger partial charge is 0.320 e. The standard InChI is InChI=1S/C18H17BrN6O3/c19-12-2-1-3-13(10-12)22-18-24-23-17(28-18)16(26)21-14-4-5-15(20-11-14)25-6-8-27-9-7-25/h1-5,10-11H,6-9H2,(H,21,26)(H,22,24). The summed E-state index contributed by atoms with van der Waals surface area (Å²) in [6, 6.07) is 11.2. The third-order valence-electron chi connectivity index (χ3n) is 4.04. The first-order chi connectivity index (χ1) is 13.7. The zero-order chi connectivity index (χ0) is 19.3. The summed E-state index contributed by atoms with van der Waals surface area (Å²) in [5, 5.41) is 13.3. The second kappa shape index (κ2) is 8.36. The molecule has 10 heteroatoms. The Kier molecular flexibility index (Phi) is 5.49. The molecule has 0 spiro atoms. The predicted octanol–water partition coefficient (Wildman–Crippen LogP) is 3.06. The number of carbonyl (C=O) groups is 1. The Morgan fingerprint density at radius 3 is 2.71 bits per heavy atom. The van der Waals surface area contributed by atoms with E-state index in [-0.39, 0.29) is 11.9 Å². The molecule has 1 aromatic carbocycles. The molecule has 1 aliphatic heterocycles. The summed E-state index contributed by atoms with van der Waals surface area (Å²) in [6.45, 7) is 2.98. The molecule has 2 N–H and O–H groups in total. The van der Waals surface area contributed by atoms with E-state index in [0.29, 0.717) is 18.9 Å². The molecule has 144 valence electrons. The van der Waals surface area contributed by atoms with E-state index in [1.165, 1.54) is 0 Å². The first-order valence-corrected chi connectivity index (χ1v) is 9.43. The lowest BCUT2D eigenvalue weighted by atomic mass is 10.3. The molecular formula is C18H17BrN6O3. The zero-order valence-corrected chi connectivity index (χ0v) is 16.3. The summed E-state index contributed by atoms with van der Waals surface area (Å²) in [4.78, 5) is 18.8. The van der Waals surface area contributed by atoms with Crippen molar-refractivity contribution in [2.75, 3.05) is 41.8 Å². The van der Waals surface area contributed by atoms with Crippen molar-refractivity contribution >= 4 is 45.0 Å². The molecule has 1 amide bonds. The van der Waals surface area contributed by atoms with Crippen LogP contribution in [0.1, 0.15) is 10.7 Å². The minimum absolute atomic E-state index is 0.129. The quantitative estimate of drug-likeness (QED) is 0.618. The van der Waals surface area contributed by atoms with E-state index >= 15 is 0 Å². The van der Waals surface area contributed by atoms with Crippen molar-refractivity contribution in [1.29, 1.82) is 0 Å². The molecule has 1 saturated heterocycles. The lowest BCUT2D eigenvalue weighted by Crippen LogP contribution is -2.36. The monoisotopic (exact) mass is 444 g/mol. The average Bonchev–Trinajstić information content (AvgIpc) is 3.18. The molecule has 0 atom stereocenters. The molecule has 2 aromatic heterocycles. The minimum Gasteiger partial charge on any atom is -0.399 e. The number of amides is 1. The van der Waals surface area contributed by atoms with Gasteiger partial charge in [-0.1, -0.05) is 27.1 Å². The maximum atomic E-state index is 12.3. The van der Waals surface area contributed by atoms with Crippen LogP contribution in [-0.2, 0) is 4.74 Å². The van der Waals surface area contributed by atoms with Crippen molar-refractivity contribution in [1.82, 2.24) is 15.2 Å². The SMILES string of the molecule is O=C(Nc1ccc(N2CCOCC2)nc1)c1nnc(Nc2cccc(Br)c2)o1. The molecule has 28 heavy (non-hydrogen) atoms. The number of carbonyl (C=O) groups excluding carboxylic acids is 1. The second-order valence-corrected chi connectivity index (χ2v) is 6.92. The number of nitrogens with zero attached hydrogens (tertiary/aromatic N) is 4. The summed E-state index contributed by atoms with van der Waals surface area (Å²) < 4.78 is 11.6. The number of ether oxygens (including phenoxy) is 1. The molecule has 0 bridgehead atoms. The first-order valence-electron chi connectivity index (χ1n) is 8.63. The van der Waals surface area contributed by atoms with Gasteiger partial charge in [-0.05, 0) is 30.3 Å². The highest BCUT2D eigenvalue weighted by molar-refractivity contribution is 9.10. The van der Waals surface area contributed by atoms with Crippen LogP contribution < -0.4 is 15.5 Å². The molecule has 1 fully saturated rings. The molecule has 3 heterocycles. The third kappa shape index (κ3) is 4.46. The van der Waals surface area contributed by atoms with E-state index < -0.39 is 5.91 Å². The average molecular weight is 445 g/mol. The maximum absolute atomic E-state index is 12.3. The predicted molar refractivity (Wildman–Crippen MR) is 107 cm³/mol. The van der Waals surface area contributed by atoms with Gasteiger partial charge in [-0.25, -0.2) is 4.98 Å². The van der Waals surface area contributed by atoms with Crippen LogP contribution in [0.5, 0.6) is 0 Å². The number of anilines is 4. The van der Waals surface area contributed by atoms with Gasteiger partial charge in [0.05, 0.1) is 25.1 Å². The number of morpholine rings is 1. The van der Waals surface area contributed by atoms with Crippen LogP contribution in [0.3, 0.4) is 0 Å². The molecule has 3 aromatic rings. The van der Waals surface area contributed by atoms with Gasteiger partial charge in [-0.15, -0.1) is 5.10 Å². The van der Waals surface area contributed by atoms with E-state index in [0.717, 1.165) is 29.1 Å². The van der Waals surface area contributed by atoms with Crippen LogP contribution in [0.2, 0.25) is 0 Å². The summed E-state index contributed by atoms with van der Waals surface area (Å²) >= 11 is 3.39. The topological polar surface area (TPSA) is 105 Å². The van der Waals surface area contributed by atoms with Crippen molar-refractivity contribution in [3.8, 4) is 0 Å². The van der Waals surface area contributed by atoms with E-state index in [4.69, 9.17) is 9.15 Å². The van der Waals surface area contributed by atoms with Gasteiger partial charge in [0.15, 0.2) is 0 Å². The minimum atomic E-state index is -0.504. The molecule has 0 radical (unpaired) electrons. The van der Waals surface area contributed by atoms with Gasteiger partial charge in [-0.2, -0.15) is 0 Å². The number of hydrogen-bond donors (Lipinski definition) is 2. The summed E-state index contributed by atoms with van der Waals surface area (Å²) in [7, 11) is 0. The summed E-state index contributed by atoms with van der Waals surface area (Å²) in [6.07, 6.45) is 1.60. The Balaban J connectivity index is 1.37. The maximum Gasteiger partial charge on any atom is 0.320 e. The molecule has 0 saturated carbocycles. The van der Waals surface area contributed by atoms with E-state index in [1.807, 2.05) is 30.3 Å². The number of halogens is 1. The fraction of sp³-hybridized carbons (Fsp3) is 0.222. The summed E-state index contributed by atoms with van der Waals surface area (Å²) in [5.41, 5.74) is 1.30. The van der Waals surface area contributed by atoms with Crippen LogP contribution in [0.15, 0.2) is 51.5 Å². The number of hydrogen-bond acceptors (Lipinski definition) is 8. The Morgan fingerprint density at radius 1 is 1.11 bits per heavy atom. The van der Waals surface area contributed by atoms with Gasteiger partial charge in [0.25, 0.3) is 0 Å². The Bertz CT molecular complexity index is 956. The number of pyridine rings is 1. The van der Waals surface area contributed by atoms with Crippen LogP contribution in [0, 0.1) is 0 Å². The Morgan fingerprint density at radius 2 is 1.96 bits per heavy atom. The van der Waals surface area contributed by atoms with Gasteiger partial charge >= 0.3 is 17.8 Å². The van der Waals surface area contributed by atoms with Crippen molar-refractivity contribution in [3.63, 3.8) is 0 Å². The highest BCUT2D eigenvalue weighted by Crippen LogP contribution is 2.20. The highest BCUT2D eigenvalue weighted by Gasteiger charge is 2.16. The molecule has 0 unspecified atom stereocenters. The lowest BCUT2D eigenvalue weighted by molar-refractivity contribution is 0.0991. The molecule has 1 aliphatic rings. The van der Waals surface area contributed by atoms with E-state index in [2.05, 4.69) is 46.6 Å². The number of rotatable bonds is 5. The largest absolute Gasteiger partial charge is 0.399 e. The van der Waals surface area contributed by atoms with Crippen molar-refractivity contribution in [3.05, 3.63) is 53.0 Å². The molecular weight excluding hydrogens is 428 g/mol. The van der Waals surface area contributed by atoms with Gasteiger partial charge in [0, 0.05) is 23.2 Å². The van der Waals surface area contributed by atoms with Crippen LogP contribution >= 0.6 is 15.9 Å². The second-order valence-electron chi connectivity index (χ2n) is 6.01. The Labute approximate surface area is 169 Å². The first kappa shape index (κ1) is 18.4. The number of nitrogens with one attached hydrogen (secondary N) is 2. The van der Waals surface area contributed by atoms with Gasteiger partial charge in [0.1, 0.15) is 5.82 Å². The highest BCUT2D eigenvalue weighted by atomic mass is 79.9. The van der Waals surface area contributed by atoms with Crippen molar-refractivity contribution in [2.45, 2.75) is 0 Å². The zero-order valence-electron chi connectivity index (χ0n) is 14.8. The van der Waals surface area contributed by atoms with Crippen LogP contribution in [0.25, 0.3) is 0 Å². The number of benzene rings is 1. The lowest BCUT2D eigenvalue weighted by Gasteiger charge is -2.27. The molecule has 0 aliphatic carbocycles. The van der Waals surface area contributed by atoms with Crippen molar-refractivity contribution < 1.29 is 13.9 Å². The van der Waals surface area contributed by atoms with Crippen LogP contribution in [0.4, 0.5) is 23.2 Å². The Hall–Kier alpha value is -2.98. The third-order valence-corrected chi connectivity index (χ3v) is 4.53. The van der Waals surface area contributed by atoms with E-state index in [1.54, 1.807) is 12.3 Å².